The second-order valence-electron chi connectivity index (χ2n) is 2.96. The van der Waals surface area contributed by atoms with Crippen molar-refractivity contribution in [3.05, 3.63) is 40.7 Å². The maximum absolute atomic E-state index is 10.7. The fourth-order valence-electron chi connectivity index (χ4n) is 1.31. The first-order valence-electron chi connectivity index (χ1n) is 4.41. The van der Waals surface area contributed by atoms with E-state index in [2.05, 4.69) is 10.3 Å². The Morgan fingerprint density at radius 1 is 1.50 bits per heavy atom. The van der Waals surface area contributed by atoms with Gasteiger partial charge in [0.05, 0.1) is 30.1 Å². The molecule has 0 saturated heterocycles. The number of benzene rings is 1. The molecule has 1 aromatic heterocycles. The first kappa shape index (κ1) is 10.1. The first-order valence-corrected chi connectivity index (χ1v) is 4.41. The fourth-order valence-corrected chi connectivity index (χ4v) is 1.31. The van der Waals surface area contributed by atoms with Gasteiger partial charge in [-0.1, -0.05) is 5.21 Å². The highest BCUT2D eigenvalue weighted by Gasteiger charge is 2.15. The summed E-state index contributed by atoms with van der Waals surface area (Å²) in [6.07, 6.45) is 3.16. The monoisotopic (exact) mass is 220 g/mol. The molecule has 0 aliphatic heterocycles. The van der Waals surface area contributed by atoms with Crippen LogP contribution >= 0.6 is 0 Å². The van der Waals surface area contributed by atoms with E-state index in [-0.39, 0.29) is 11.4 Å². The van der Waals surface area contributed by atoms with Gasteiger partial charge >= 0.3 is 5.69 Å². The molecule has 0 amide bonds. The summed E-state index contributed by atoms with van der Waals surface area (Å²) in [5, 5.41) is 18.1. The standard InChI is InChI=1S/C9H8N4O3/c1-16-9-6-7(12-5-4-10-11-12)2-3-8(9)13(14)15/h2-6H,1H3. The van der Waals surface area contributed by atoms with E-state index in [1.165, 1.54) is 30.1 Å². The van der Waals surface area contributed by atoms with Gasteiger partial charge in [-0.2, -0.15) is 0 Å². The van der Waals surface area contributed by atoms with Crippen LogP contribution in [0.25, 0.3) is 5.69 Å². The Labute approximate surface area is 90.4 Å². The second-order valence-corrected chi connectivity index (χ2v) is 2.96. The van der Waals surface area contributed by atoms with Crippen molar-refractivity contribution in [3.63, 3.8) is 0 Å². The number of aromatic nitrogens is 3. The number of hydrogen-bond acceptors (Lipinski definition) is 5. The van der Waals surface area contributed by atoms with Gasteiger partial charge in [0.2, 0.25) is 0 Å². The van der Waals surface area contributed by atoms with E-state index in [1.54, 1.807) is 12.3 Å². The number of ether oxygens (including phenoxy) is 1. The molecule has 7 nitrogen and oxygen atoms in total. The molecule has 2 aromatic rings. The van der Waals surface area contributed by atoms with Crippen LogP contribution in [-0.4, -0.2) is 27.0 Å². The van der Waals surface area contributed by atoms with Gasteiger partial charge in [0, 0.05) is 12.1 Å². The quantitative estimate of drug-likeness (QED) is 0.573. The van der Waals surface area contributed by atoms with Crippen LogP contribution in [0.2, 0.25) is 0 Å². The molecule has 0 aliphatic carbocycles. The van der Waals surface area contributed by atoms with Crippen LogP contribution < -0.4 is 4.74 Å². The van der Waals surface area contributed by atoms with Gasteiger partial charge in [0.15, 0.2) is 5.75 Å². The molecule has 0 fully saturated rings. The Hall–Kier alpha value is -2.44. The summed E-state index contributed by atoms with van der Waals surface area (Å²) in [5.74, 6) is 0.193. The third-order valence-corrected chi connectivity index (χ3v) is 2.05. The molecular formula is C9H8N4O3. The smallest absolute Gasteiger partial charge is 0.311 e. The summed E-state index contributed by atoms with van der Waals surface area (Å²) < 4.78 is 6.43. The van der Waals surface area contributed by atoms with Gasteiger partial charge < -0.3 is 4.74 Å². The molecule has 0 unspecified atom stereocenters. The molecule has 2 rings (SSSR count). The Kier molecular flexibility index (Phi) is 2.50. The van der Waals surface area contributed by atoms with E-state index >= 15 is 0 Å². The number of hydrogen-bond donors (Lipinski definition) is 0. The minimum absolute atomic E-state index is 0.0774. The number of nitro benzene ring substituents is 1. The molecule has 0 spiro atoms. The normalized spacial score (nSPS) is 10.1. The van der Waals surface area contributed by atoms with Crippen molar-refractivity contribution in [2.24, 2.45) is 0 Å². The lowest BCUT2D eigenvalue weighted by Crippen LogP contribution is -1.98. The van der Waals surface area contributed by atoms with Crippen LogP contribution in [0.15, 0.2) is 30.6 Å². The summed E-state index contributed by atoms with van der Waals surface area (Å²) in [6, 6.07) is 4.48. The zero-order chi connectivity index (χ0) is 11.5. The van der Waals surface area contributed by atoms with Crippen molar-refractivity contribution in [3.8, 4) is 11.4 Å². The third kappa shape index (κ3) is 1.70. The molecular weight excluding hydrogens is 212 g/mol. The van der Waals surface area contributed by atoms with Crippen LogP contribution in [0.1, 0.15) is 0 Å². The van der Waals surface area contributed by atoms with Crippen molar-refractivity contribution in [1.82, 2.24) is 15.0 Å². The summed E-state index contributed by atoms with van der Waals surface area (Å²) in [6.45, 7) is 0. The zero-order valence-corrected chi connectivity index (χ0v) is 8.40. The predicted octanol–water partition coefficient (Wildman–Crippen LogP) is 1.18. The zero-order valence-electron chi connectivity index (χ0n) is 8.40. The molecule has 0 aliphatic rings. The van der Waals surface area contributed by atoms with Crippen LogP contribution in [0.5, 0.6) is 5.75 Å². The fraction of sp³-hybridized carbons (Fsp3) is 0.111. The minimum atomic E-state index is -0.496. The Morgan fingerprint density at radius 2 is 2.31 bits per heavy atom. The molecule has 16 heavy (non-hydrogen) atoms. The summed E-state index contributed by atoms with van der Waals surface area (Å²) in [4.78, 5) is 10.2. The lowest BCUT2D eigenvalue weighted by molar-refractivity contribution is -0.385. The number of rotatable bonds is 3. The van der Waals surface area contributed by atoms with E-state index in [0.29, 0.717) is 5.69 Å². The van der Waals surface area contributed by atoms with E-state index < -0.39 is 4.92 Å². The molecule has 1 aromatic carbocycles. The Balaban J connectivity index is 2.49. The van der Waals surface area contributed by atoms with E-state index in [0.717, 1.165) is 0 Å². The van der Waals surface area contributed by atoms with Gasteiger partial charge in [-0.05, 0) is 6.07 Å². The van der Waals surface area contributed by atoms with Crippen LogP contribution in [0, 0.1) is 10.1 Å². The van der Waals surface area contributed by atoms with E-state index in [4.69, 9.17) is 4.74 Å². The number of nitrogens with zero attached hydrogens (tertiary/aromatic N) is 4. The molecule has 1 heterocycles. The molecule has 7 heteroatoms. The van der Waals surface area contributed by atoms with Crippen molar-refractivity contribution >= 4 is 5.69 Å². The van der Waals surface area contributed by atoms with Gasteiger partial charge in [-0.15, -0.1) is 5.10 Å². The molecule has 0 atom stereocenters. The maximum Gasteiger partial charge on any atom is 0.311 e. The number of nitro groups is 1. The highest BCUT2D eigenvalue weighted by atomic mass is 16.6. The van der Waals surface area contributed by atoms with Crippen molar-refractivity contribution in [2.75, 3.05) is 7.11 Å². The third-order valence-electron chi connectivity index (χ3n) is 2.05. The average Bonchev–Trinajstić information content (AvgIpc) is 2.81. The molecule has 0 N–H and O–H groups in total. The van der Waals surface area contributed by atoms with Crippen molar-refractivity contribution in [1.29, 1.82) is 0 Å². The highest BCUT2D eigenvalue weighted by Crippen LogP contribution is 2.28. The molecule has 0 bridgehead atoms. The van der Waals surface area contributed by atoms with E-state index in [9.17, 15) is 10.1 Å². The van der Waals surface area contributed by atoms with Crippen molar-refractivity contribution in [2.45, 2.75) is 0 Å². The van der Waals surface area contributed by atoms with Gasteiger partial charge in [0.1, 0.15) is 0 Å². The van der Waals surface area contributed by atoms with Gasteiger partial charge in [0.25, 0.3) is 0 Å². The molecule has 82 valence electrons. The highest BCUT2D eigenvalue weighted by molar-refractivity contribution is 5.52. The summed E-state index contributed by atoms with van der Waals surface area (Å²) >= 11 is 0. The maximum atomic E-state index is 10.7. The summed E-state index contributed by atoms with van der Waals surface area (Å²) in [5.41, 5.74) is 0.575. The van der Waals surface area contributed by atoms with Crippen molar-refractivity contribution < 1.29 is 9.66 Å². The Bertz CT molecular complexity index is 509. The number of methoxy groups -OCH3 is 1. The lowest BCUT2D eigenvalue weighted by Gasteiger charge is -2.04. The lowest BCUT2D eigenvalue weighted by atomic mass is 10.2. The SMILES string of the molecule is COc1cc(-n2ccnn2)ccc1[N+](=O)[O-]. The van der Waals surface area contributed by atoms with Crippen LogP contribution in [-0.2, 0) is 0 Å². The first-order chi connectivity index (χ1) is 7.72. The molecule has 0 saturated carbocycles. The van der Waals surface area contributed by atoms with E-state index in [1.807, 2.05) is 0 Å². The van der Waals surface area contributed by atoms with Gasteiger partial charge in [-0.3, -0.25) is 10.1 Å². The second kappa shape index (κ2) is 3.97. The predicted molar refractivity (Wildman–Crippen MR) is 54.6 cm³/mol. The van der Waals surface area contributed by atoms with Crippen LogP contribution in [0.4, 0.5) is 5.69 Å². The van der Waals surface area contributed by atoms with Gasteiger partial charge in [-0.25, -0.2) is 4.68 Å². The van der Waals surface area contributed by atoms with Crippen LogP contribution in [0.3, 0.4) is 0 Å². The Morgan fingerprint density at radius 3 is 2.88 bits per heavy atom. The minimum Gasteiger partial charge on any atom is -0.490 e. The largest absolute Gasteiger partial charge is 0.490 e. The molecule has 0 radical (unpaired) electrons. The summed E-state index contributed by atoms with van der Waals surface area (Å²) in [7, 11) is 1.38. The topological polar surface area (TPSA) is 83.1 Å². The average molecular weight is 220 g/mol.